The van der Waals surface area contributed by atoms with Crippen molar-refractivity contribution in [1.82, 2.24) is 30.4 Å². The number of aromatic nitrogens is 6. The van der Waals surface area contributed by atoms with Crippen LogP contribution < -0.4 is 32.7 Å². The van der Waals surface area contributed by atoms with Gasteiger partial charge >= 0.3 is 5.96 Å². The standard InChI is InChI=1S/C4H3N10O4.CH5N3/c15-13(16)11-3-5-1(7-9-3)2-6-4(10-8-2)12-14(17)18;2-1(3)4/h(H3-,5,6,7,8,9,10,11,12);(H5,2,3,4)/q-1;/p+1. The Bertz CT molecular complexity index is 617. The predicted molar refractivity (Wildman–Crippen MR) is 67.3 cm³/mol. The van der Waals surface area contributed by atoms with Gasteiger partial charge in [-0.1, -0.05) is 5.43 Å². The van der Waals surface area contributed by atoms with Gasteiger partial charge in [-0.05, 0) is 0 Å². The Morgan fingerprint density at radius 2 is 1.82 bits per heavy atom. The molecule has 0 spiro atoms. The van der Waals surface area contributed by atoms with Crippen LogP contribution in [0, 0.1) is 20.2 Å². The third-order valence-electron chi connectivity index (χ3n) is 1.53. The summed E-state index contributed by atoms with van der Waals surface area (Å²) < 4.78 is 0. The number of H-pyrrole nitrogens is 1. The fourth-order valence-electron chi connectivity index (χ4n) is 0.962. The summed E-state index contributed by atoms with van der Waals surface area (Å²) in [5.74, 6) is -0.873. The summed E-state index contributed by atoms with van der Waals surface area (Å²) in [5.41, 5.74) is 12.6. The number of anilines is 2. The smallest absolute Gasteiger partial charge is 0.307 e. The van der Waals surface area contributed by atoms with Gasteiger partial charge in [0.1, 0.15) is 16.8 Å². The highest BCUT2D eigenvalue weighted by Gasteiger charge is 2.09. The molecule has 2 heterocycles. The second-order valence-corrected chi connectivity index (χ2v) is 3.20. The molecule has 9 N–H and O–H groups in total. The van der Waals surface area contributed by atoms with Gasteiger partial charge < -0.3 is 4.98 Å². The van der Waals surface area contributed by atoms with E-state index in [9.17, 15) is 20.2 Å². The molecule has 0 amide bonds. The van der Waals surface area contributed by atoms with Crippen LogP contribution in [0.2, 0.25) is 0 Å². The first kappa shape index (κ1) is 16.0. The molecule has 0 unspecified atom stereocenters. The average molecular weight is 315 g/mol. The highest BCUT2D eigenvalue weighted by molar-refractivity contribution is 5.68. The van der Waals surface area contributed by atoms with Crippen LogP contribution >= 0.6 is 0 Å². The molecule has 2 aromatic heterocycles. The molecule has 22 heavy (non-hydrogen) atoms. The van der Waals surface area contributed by atoms with Crippen LogP contribution in [0.1, 0.15) is 0 Å². The molecule has 2 rings (SSSR count). The first-order chi connectivity index (χ1) is 10.3. The van der Waals surface area contributed by atoms with Crippen molar-refractivity contribution in [1.29, 1.82) is 0 Å². The number of hydrogen-bond acceptors (Lipinski definition) is 8. The van der Waals surface area contributed by atoms with Crippen molar-refractivity contribution < 1.29 is 15.5 Å². The van der Waals surface area contributed by atoms with E-state index in [1.807, 2.05) is 0 Å². The van der Waals surface area contributed by atoms with Crippen molar-refractivity contribution in [2.75, 3.05) is 10.9 Å². The minimum absolute atomic E-state index is 0.0833. The molecule has 0 saturated heterocycles. The minimum atomic E-state index is -0.863. The van der Waals surface area contributed by atoms with E-state index < -0.39 is 10.1 Å². The van der Waals surface area contributed by atoms with Crippen molar-refractivity contribution in [3.63, 3.8) is 0 Å². The molecule has 0 bridgehead atoms. The Morgan fingerprint density at radius 3 is 2.36 bits per heavy atom. The molecule has 17 nitrogen and oxygen atoms in total. The van der Waals surface area contributed by atoms with Crippen LogP contribution in [0.3, 0.4) is 0 Å². The molecule has 0 aliphatic rings. The predicted octanol–water partition coefficient (Wildman–Crippen LogP) is -4.55. The second-order valence-electron chi connectivity index (χ2n) is 3.20. The topological polar surface area (TPSA) is 269 Å². The zero-order valence-corrected chi connectivity index (χ0v) is 10.5. The number of hydrogen-bond donors (Lipinski definition) is 6. The Kier molecular flexibility index (Phi) is 5.04. The van der Waals surface area contributed by atoms with Crippen LogP contribution in [0.5, 0.6) is 0 Å². The summed E-state index contributed by atoms with van der Waals surface area (Å²) in [6.45, 7) is 0. The highest BCUT2D eigenvalue weighted by Crippen LogP contribution is 2.10. The Hall–Kier alpha value is -4.05. The van der Waals surface area contributed by atoms with Gasteiger partial charge in [-0.25, -0.2) is 25.3 Å². The van der Waals surface area contributed by atoms with Gasteiger partial charge in [0.05, 0.1) is 0 Å². The normalized spacial score (nSPS) is 9.27. The molecule has 0 aromatic carbocycles. The van der Waals surface area contributed by atoms with E-state index in [2.05, 4.69) is 47.2 Å². The maximum absolute atomic E-state index is 10.1. The van der Waals surface area contributed by atoms with E-state index in [1.54, 1.807) is 10.9 Å². The van der Waals surface area contributed by atoms with E-state index >= 15 is 0 Å². The summed E-state index contributed by atoms with van der Waals surface area (Å²) in [5, 5.41) is 35.7. The number of nitrogens with two attached hydrogens (primary N) is 3. The first-order valence-corrected chi connectivity index (χ1v) is 5.03. The molecule has 2 aromatic rings. The third-order valence-corrected chi connectivity index (χ3v) is 1.53. The summed E-state index contributed by atoms with van der Waals surface area (Å²) in [6, 6.07) is 0. The van der Waals surface area contributed by atoms with E-state index in [0.717, 1.165) is 0 Å². The number of guanidine groups is 1. The van der Waals surface area contributed by atoms with E-state index in [0.29, 0.717) is 0 Å². The molecule has 17 heteroatoms. The van der Waals surface area contributed by atoms with Crippen LogP contribution in [-0.4, -0.2) is 41.4 Å². The van der Waals surface area contributed by atoms with Crippen molar-refractivity contribution in [3.05, 3.63) is 20.2 Å². The summed E-state index contributed by atoms with van der Waals surface area (Å²) >= 11 is 0. The fraction of sp³-hybridized carbons (Fsp3) is 0. The lowest BCUT2D eigenvalue weighted by Gasteiger charge is -1.94. The van der Waals surface area contributed by atoms with E-state index in [4.69, 9.17) is 0 Å². The maximum Gasteiger partial charge on any atom is 0.336 e. The second kappa shape index (κ2) is 6.93. The first-order valence-electron chi connectivity index (χ1n) is 5.03. The lowest BCUT2D eigenvalue weighted by Crippen LogP contribution is -2.51. The van der Waals surface area contributed by atoms with Gasteiger partial charge in [-0.15, -0.1) is 5.43 Å². The Labute approximate surface area is 119 Å². The summed E-state index contributed by atoms with van der Waals surface area (Å²) in [6.07, 6.45) is 0. The molecule has 118 valence electrons. The minimum Gasteiger partial charge on any atom is -0.307 e. The molecule has 0 atom stereocenters. The van der Waals surface area contributed by atoms with Gasteiger partial charge in [-0.2, -0.15) is 10.1 Å². The number of rotatable bonds is 5. The lowest BCUT2D eigenvalue weighted by molar-refractivity contribution is -0.446. The van der Waals surface area contributed by atoms with Crippen molar-refractivity contribution in [2.24, 2.45) is 11.5 Å². The molecular formula is C5H9N13O4. The highest BCUT2D eigenvalue weighted by atomic mass is 16.7. The molecular weight excluding hydrogens is 306 g/mol. The van der Waals surface area contributed by atoms with Gasteiger partial charge in [-0.3, -0.25) is 27.1 Å². The number of nitrogens with zero attached hydrogens (tertiary/aromatic N) is 7. The maximum atomic E-state index is 10.1. The number of hydrazine groups is 2. The van der Waals surface area contributed by atoms with Gasteiger partial charge in [0.2, 0.25) is 0 Å². The molecule has 0 radical (unpaired) electrons. The average Bonchev–Trinajstić information content (AvgIpc) is 2.95. The molecule has 0 saturated carbocycles. The van der Waals surface area contributed by atoms with E-state index in [-0.39, 0.29) is 29.5 Å². The van der Waals surface area contributed by atoms with Gasteiger partial charge in [0.25, 0.3) is 5.95 Å². The largest absolute Gasteiger partial charge is 0.336 e. The number of nitrogens with one attached hydrogen (secondary N) is 3. The zero-order chi connectivity index (χ0) is 16.7. The third kappa shape index (κ3) is 5.29. The number of nitro groups is 2. The van der Waals surface area contributed by atoms with Crippen LogP contribution in [-0.2, 0) is 0 Å². The SMILES string of the molecule is NC(N)=[NH2+].O=[N+]([O-])Nc1nnc(-c2n[nH]c(N[N+](=O)[O-])n2)[n-]1. The lowest BCUT2D eigenvalue weighted by atomic mass is 10.6. The van der Waals surface area contributed by atoms with Crippen molar-refractivity contribution in [3.8, 4) is 11.6 Å². The van der Waals surface area contributed by atoms with Crippen molar-refractivity contribution >= 4 is 17.9 Å². The molecule has 0 aliphatic heterocycles. The van der Waals surface area contributed by atoms with Crippen LogP contribution in [0.4, 0.5) is 11.9 Å². The van der Waals surface area contributed by atoms with Gasteiger partial charge in [0, 0.05) is 0 Å². The monoisotopic (exact) mass is 315 g/mol. The molecule has 0 fully saturated rings. The van der Waals surface area contributed by atoms with Crippen molar-refractivity contribution in [2.45, 2.75) is 0 Å². The van der Waals surface area contributed by atoms with E-state index in [1.165, 1.54) is 0 Å². The quantitative estimate of drug-likeness (QED) is 0.131. The summed E-state index contributed by atoms with van der Waals surface area (Å²) in [7, 11) is 0. The van der Waals surface area contributed by atoms with Gasteiger partial charge in [0.15, 0.2) is 10.9 Å². The Morgan fingerprint density at radius 1 is 1.23 bits per heavy atom. The molecule has 0 aliphatic carbocycles. The number of aromatic amines is 1. The van der Waals surface area contributed by atoms with Crippen LogP contribution in [0.15, 0.2) is 0 Å². The fourth-order valence-corrected chi connectivity index (χ4v) is 0.962. The Balaban J connectivity index is 0.000000541. The zero-order valence-electron chi connectivity index (χ0n) is 10.5. The van der Waals surface area contributed by atoms with Crippen LogP contribution in [0.25, 0.3) is 11.6 Å². The summed E-state index contributed by atoms with van der Waals surface area (Å²) in [4.78, 5) is 27.4.